The molecular weight excluding hydrogens is 504 g/mol. The van der Waals surface area contributed by atoms with E-state index in [-0.39, 0.29) is 35.8 Å². The Bertz CT molecular complexity index is 1520. The molecule has 1 aliphatic carbocycles. The summed E-state index contributed by atoms with van der Waals surface area (Å²) in [5.74, 6) is -1.78. The van der Waals surface area contributed by atoms with E-state index in [4.69, 9.17) is 11.6 Å². The number of fused-ring (bicyclic) bond motifs is 2. The molecule has 1 aromatic heterocycles. The highest BCUT2D eigenvalue weighted by molar-refractivity contribution is 7.90. The SMILES string of the molecule is CS(=O)(=O)c1ccc2c(NC(=O)C3CN(CC(=O)NC4CC4)C(=O)c4ccc(Cl)cc43)cncc2c1. The molecule has 186 valence electrons. The third-order valence-electron chi connectivity index (χ3n) is 6.32. The van der Waals surface area contributed by atoms with Gasteiger partial charge in [-0.1, -0.05) is 17.7 Å². The van der Waals surface area contributed by atoms with Crippen molar-refractivity contribution in [1.82, 2.24) is 15.2 Å². The highest BCUT2D eigenvalue weighted by atomic mass is 35.5. The second kappa shape index (κ2) is 9.18. The number of hydrogen-bond donors (Lipinski definition) is 2. The van der Waals surface area contributed by atoms with Crippen LogP contribution in [0.3, 0.4) is 0 Å². The van der Waals surface area contributed by atoms with Crippen molar-refractivity contribution >= 4 is 55.6 Å². The van der Waals surface area contributed by atoms with Crippen molar-refractivity contribution in [2.24, 2.45) is 0 Å². The van der Waals surface area contributed by atoms with Crippen LogP contribution >= 0.6 is 11.6 Å². The molecular formula is C25H23ClN4O5S. The smallest absolute Gasteiger partial charge is 0.254 e. The van der Waals surface area contributed by atoms with Crippen LogP contribution in [0.2, 0.25) is 5.02 Å². The molecule has 11 heteroatoms. The number of halogens is 1. The average Bonchev–Trinajstić information content (AvgIpc) is 3.64. The van der Waals surface area contributed by atoms with Crippen LogP contribution in [0.1, 0.15) is 34.7 Å². The number of nitrogens with zero attached hydrogens (tertiary/aromatic N) is 2. The van der Waals surface area contributed by atoms with E-state index in [9.17, 15) is 22.8 Å². The number of sulfone groups is 1. The molecule has 2 N–H and O–H groups in total. The van der Waals surface area contributed by atoms with Crippen LogP contribution < -0.4 is 10.6 Å². The normalized spacial score (nSPS) is 17.6. The molecule has 0 radical (unpaired) electrons. The standard InChI is InChI=1S/C25H23ClN4O5S/c1-36(34,35)17-5-7-18-14(8-17)10-27-11-22(18)29-24(32)21-12-30(13-23(31)28-16-3-4-16)25(33)19-6-2-15(26)9-20(19)21/h2,5-11,16,21H,3-4,12-13H2,1H3,(H,28,31)(H,29,32). The van der Waals surface area contributed by atoms with Gasteiger partial charge in [0.25, 0.3) is 5.91 Å². The molecule has 1 fully saturated rings. The summed E-state index contributed by atoms with van der Waals surface area (Å²) in [5.41, 5.74) is 1.20. The Labute approximate surface area is 212 Å². The third kappa shape index (κ3) is 4.91. The topological polar surface area (TPSA) is 126 Å². The van der Waals surface area contributed by atoms with Gasteiger partial charge in [-0.15, -0.1) is 0 Å². The number of pyridine rings is 1. The number of hydrogen-bond acceptors (Lipinski definition) is 6. The fourth-order valence-corrected chi connectivity index (χ4v) is 5.16. The van der Waals surface area contributed by atoms with Gasteiger partial charge in [0.05, 0.1) is 29.2 Å². The van der Waals surface area contributed by atoms with E-state index in [0.717, 1.165) is 19.1 Å². The van der Waals surface area contributed by atoms with Gasteiger partial charge in [-0.3, -0.25) is 19.4 Å². The van der Waals surface area contributed by atoms with E-state index in [0.29, 0.717) is 32.6 Å². The molecule has 1 unspecified atom stereocenters. The minimum absolute atomic E-state index is 0.00647. The number of amides is 3. The van der Waals surface area contributed by atoms with Gasteiger partial charge in [-0.05, 0) is 48.7 Å². The number of anilines is 1. The van der Waals surface area contributed by atoms with Crippen molar-refractivity contribution in [2.75, 3.05) is 24.7 Å². The summed E-state index contributed by atoms with van der Waals surface area (Å²) in [7, 11) is -3.41. The lowest BCUT2D eigenvalue weighted by atomic mass is 9.88. The van der Waals surface area contributed by atoms with Gasteiger partial charge in [0, 0.05) is 46.4 Å². The first-order valence-electron chi connectivity index (χ1n) is 11.4. The molecule has 2 heterocycles. The maximum atomic E-state index is 13.5. The van der Waals surface area contributed by atoms with Crippen molar-refractivity contribution in [3.8, 4) is 0 Å². The molecule has 2 aliphatic rings. The Hall–Kier alpha value is -3.50. The molecule has 1 saturated carbocycles. The first kappa shape index (κ1) is 24.2. The van der Waals surface area contributed by atoms with E-state index in [1.165, 1.54) is 29.4 Å². The second-order valence-electron chi connectivity index (χ2n) is 9.14. The molecule has 3 aromatic rings. The Balaban J connectivity index is 1.45. The molecule has 9 nitrogen and oxygen atoms in total. The molecule has 36 heavy (non-hydrogen) atoms. The summed E-state index contributed by atoms with van der Waals surface area (Å²) in [4.78, 5) is 44.7. The number of carbonyl (C=O) groups excluding carboxylic acids is 3. The molecule has 1 atom stereocenters. The van der Waals surface area contributed by atoms with Gasteiger partial charge in [-0.2, -0.15) is 0 Å². The lowest BCUT2D eigenvalue weighted by molar-refractivity contribution is -0.123. The molecule has 0 spiro atoms. The Morgan fingerprint density at radius 2 is 1.92 bits per heavy atom. The van der Waals surface area contributed by atoms with Gasteiger partial charge in [0.1, 0.15) is 0 Å². The lowest BCUT2D eigenvalue weighted by Gasteiger charge is -2.33. The maximum absolute atomic E-state index is 13.5. The van der Waals surface area contributed by atoms with Crippen LogP contribution in [0.15, 0.2) is 53.7 Å². The van der Waals surface area contributed by atoms with Crippen LogP contribution in [0.4, 0.5) is 5.69 Å². The van der Waals surface area contributed by atoms with E-state index in [1.54, 1.807) is 24.3 Å². The van der Waals surface area contributed by atoms with Crippen LogP contribution in [0.5, 0.6) is 0 Å². The first-order valence-corrected chi connectivity index (χ1v) is 13.6. The Kier molecular flexibility index (Phi) is 6.17. The van der Waals surface area contributed by atoms with Crippen molar-refractivity contribution in [2.45, 2.75) is 29.7 Å². The van der Waals surface area contributed by atoms with E-state index < -0.39 is 21.7 Å². The zero-order valence-corrected chi connectivity index (χ0v) is 20.9. The van der Waals surface area contributed by atoms with Crippen LogP contribution in [0, 0.1) is 0 Å². The van der Waals surface area contributed by atoms with Gasteiger partial charge in [0.15, 0.2) is 9.84 Å². The van der Waals surface area contributed by atoms with Gasteiger partial charge in [0.2, 0.25) is 11.8 Å². The molecule has 0 bridgehead atoms. The van der Waals surface area contributed by atoms with Crippen LogP contribution in [-0.2, 0) is 19.4 Å². The third-order valence-corrected chi connectivity index (χ3v) is 7.66. The molecule has 2 aromatic carbocycles. The average molecular weight is 527 g/mol. The molecule has 3 amide bonds. The zero-order valence-electron chi connectivity index (χ0n) is 19.3. The largest absolute Gasteiger partial charge is 0.352 e. The van der Waals surface area contributed by atoms with Gasteiger partial charge >= 0.3 is 0 Å². The van der Waals surface area contributed by atoms with Gasteiger partial charge in [-0.25, -0.2) is 8.42 Å². The molecule has 5 rings (SSSR count). The minimum atomic E-state index is -3.41. The van der Waals surface area contributed by atoms with E-state index in [1.807, 2.05) is 0 Å². The van der Waals surface area contributed by atoms with Crippen LogP contribution in [-0.4, -0.2) is 61.4 Å². The first-order chi connectivity index (χ1) is 17.1. The second-order valence-corrected chi connectivity index (χ2v) is 11.6. The summed E-state index contributed by atoms with van der Waals surface area (Å²) < 4.78 is 23.8. The number of benzene rings is 2. The highest BCUT2D eigenvalue weighted by Gasteiger charge is 2.37. The fourth-order valence-electron chi connectivity index (χ4n) is 4.33. The predicted molar refractivity (Wildman–Crippen MR) is 135 cm³/mol. The van der Waals surface area contributed by atoms with Crippen molar-refractivity contribution in [3.63, 3.8) is 0 Å². The van der Waals surface area contributed by atoms with Crippen molar-refractivity contribution in [3.05, 3.63) is 64.9 Å². The summed E-state index contributed by atoms with van der Waals surface area (Å²) in [6.07, 6.45) is 5.98. The van der Waals surface area contributed by atoms with E-state index in [2.05, 4.69) is 15.6 Å². The number of rotatable bonds is 6. The lowest BCUT2D eigenvalue weighted by Crippen LogP contribution is -2.48. The van der Waals surface area contributed by atoms with Crippen LogP contribution in [0.25, 0.3) is 10.8 Å². The minimum Gasteiger partial charge on any atom is -0.352 e. The monoisotopic (exact) mass is 526 g/mol. The van der Waals surface area contributed by atoms with Crippen molar-refractivity contribution < 1.29 is 22.8 Å². The maximum Gasteiger partial charge on any atom is 0.254 e. The van der Waals surface area contributed by atoms with Crippen molar-refractivity contribution in [1.29, 1.82) is 0 Å². The zero-order chi connectivity index (χ0) is 25.6. The molecule has 1 aliphatic heterocycles. The predicted octanol–water partition coefficient (Wildman–Crippen LogP) is 2.75. The Morgan fingerprint density at radius 3 is 2.64 bits per heavy atom. The number of nitrogens with one attached hydrogen (secondary N) is 2. The van der Waals surface area contributed by atoms with E-state index >= 15 is 0 Å². The summed E-state index contributed by atoms with van der Waals surface area (Å²) in [6, 6.07) is 9.49. The summed E-state index contributed by atoms with van der Waals surface area (Å²) in [5, 5.41) is 7.30. The quantitative estimate of drug-likeness (QED) is 0.508. The van der Waals surface area contributed by atoms with Gasteiger partial charge < -0.3 is 15.5 Å². The molecule has 0 saturated heterocycles. The number of aromatic nitrogens is 1. The number of carbonyl (C=O) groups is 3. The fraction of sp³-hybridized carbons (Fsp3) is 0.280. The Morgan fingerprint density at radius 1 is 1.14 bits per heavy atom. The summed E-state index contributed by atoms with van der Waals surface area (Å²) in [6.45, 7) is -0.141. The highest BCUT2D eigenvalue weighted by Crippen LogP contribution is 2.33. The summed E-state index contributed by atoms with van der Waals surface area (Å²) >= 11 is 6.19.